The van der Waals surface area contributed by atoms with Crippen molar-refractivity contribution in [3.63, 3.8) is 0 Å². The number of hydrogen-bond donors (Lipinski definition) is 1. The van der Waals surface area contributed by atoms with Crippen LogP contribution in [0.2, 0.25) is 5.02 Å². The zero-order valence-corrected chi connectivity index (χ0v) is 10.1. The number of hydrogen-bond acceptors (Lipinski definition) is 2. The molecular formula is C12H16ClNO. The van der Waals surface area contributed by atoms with Crippen LogP contribution in [-0.2, 0) is 11.2 Å². The molecule has 0 bridgehead atoms. The molecule has 1 aromatic carbocycles. The third-order valence-electron chi connectivity index (χ3n) is 2.80. The first kappa shape index (κ1) is 12.2. The SMILES string of the molecule is CNC(C)(Cc1ccc(Cl)cc1)C(C)=O. The molecule has 1 unspecified atom stereocenters. The van der Waals surface area contributed by atoms with Gasteiger partial charge in [-0.15, -0.1) is 0 Å². The zero-order chi connectivity index (χ0) is 11.5. The van der Waals surface area contributed by atoms with E-state index < -0.39 is 5.54 Å². The smallest absolute Gasteiger partial charge is 0.149 e. The summed E-state index contributed by atoms with van der Waals surface area (Å²) >= 11 is 5.80. The fourth-order valence-electron chi connectivity index (χ4n) is 1.40. The lowest BCUT2D eigenvalue weighted by molar-refractivity contribution is -0.122. The Hall–Kier alpha value is -0.860. The van der Waals surface area contributed by atoms with Gasteiger partial charge in [0.1, 0.15) is 5.78 Å². The molecule has 0 radical (unpaired) electrons. The highest BCUT2D eigenvalue weighted by Gasteiger charge is 2.27. The van der Waals surface area contributed by atoms with Crippen LogP contribution >= 0.6 is 11.6 Å². The van der Waals surface area contributed by atoms with Crippen LogP contribution in [-0.4, -0.2) is 18.4 Å². The van der Waals surface area contributed by atoms with Crippen LogP contribution in [0, 0.1) is 0 Å². The average Bonchev–Trinajstić information content (AvgIpc) is 2.21. The minimum Gasteiger partial charge on any atom is -0.308 e. The van der Waals surface area contributed by atoms with Crippen LogP contribution in [0.1, 0.15) is 19.4 Å². The highest BCUT2D eigenvalue weighted by Crippen LogP contribution is 2.16. The van der Waals surface area contributed by atoms with Crippen molar-refractivity contribution in [2.45, 2.75) is 25.8 Å². The van der Waals surface area contributed by atoms with E-state index in [-0.39, 0.29) is 5.78 Å². The van der Waals surface area contributed by atoms with Crippen LogP contribution in [0.15, 0.2) is 24.3 Å². The van der Waals surface area contributed by atoms with E-state index in [1.54, 1.807) is 14.0 Å². The summed E-state index contributed by atoms with van der Waals surface area (Å²) in [7, 11) is 1.80. The largest absolute Gasteiger partial charge is 0.308 e. The zero-order valence-electron chi connectivity index (χ0n) is 9.30. The van der Waals surface area contributed by atoms with Crippen LogP contribution in [0.25, 0.3) is 0 Å². The minimum absolute atomic E-state index is 0.139. The van der Waals surface area contributed by atoms with Crippen molar-refractivity contribution in [3.8, 4) is 0 Å². The van der Waals surface area contributed by atoms with Crippen molar-refractivity contribution in [2.75, 3.05) is 7.05 Å². The molecular weight excluding hydrogens is 210 g/mol. The van der Waals surface area contributed by atoms with Gasteiger partial charge in [0.15, 0.2) is 0 Å². The third-order valence-corrected chi connectivity index (χ3v) is 3.05. The Morgan fingerprint density at radius 1 is 1.40 bits per heavy atom. The Morgan fingerprint density at radius 2 is 1.93 bits per heavy atom. The summed E-state index contributed by atoms with van der Waals surface area (Å²) in [6.07, 6.45) is 0.677. The number of carbonyl (C=O) groups excluding carboxylic acids is 1. The molecule has 0 aliphatic heterocycles. The van der Waals surface area contributed by atoms with Gasteiger partial charge in [-0.2, -0.15) is 0 Å². The predicted octanol–water partition coefficient (Wildman–Crippen LogP) is 2.45. The summed E-state index contributed by atoms with van der Waals surface area (Å²) in [4.78, 5) is 11.5. The van der Waals surface area contributed by atoms with Crippen LogP contribution in [0.3, 0.4) is 0 Å². The first-order valence-corrected chi connectivity index (χ1v) is 5.30. The lowest BCUT2D eigenvalue weighted by atomic mass is 9.89. The second kappa shape index (κ2) is 4.77. The Kier molecular flexibility index (Phi) is 3.89. The van der Waals surface area contributed by atoms with Crippen molar-refractivity contribution in [3.05, 3.63) is 34.9 Å². The predicted molar refractivity (Wildman–Crippen MR) is 63.3 cm³/mol. The molecule has 0 aromatic heterocycles. The molecule has 1 aromatic rings. The molecule has 0 heterocycles. The van der Waals surface area contributed by atoms with Crippen molar-refractivity contribution >= 4 is 17.4 Å². The van der Waals surface area contributed by atoms with Crippen molar-refractivity contribution < 1.29 is 4.79 Å². The van der Waals surface area contributed by atoms with Crippen molar-refractivity contribution in [1.82, 2.24) is 5.32 Å². The van der Waals surface area contributed by atoms with Crippen LogP contribution < -0.4 is 5.32 Å². The lowest BCUT2D eigenvalue weighted by Crippen LogP contribution is -2.48. The quantitative estimate of drug-likeness (QED) is 0.853. The van der Waals surface area contributed by atoms with Gasteiger partial charge in [0, 0.05) is 5.02 Å². The van der Waals surface area contributed by atoms with E-state index in [0.29, 0.717) is 11.4 Å². The van der Waals surface area contributed by atoms with Crippen molar-refractivity contribution in [1.29, 1.82) is 0 Å². The molecule has 1 rings (SSSR count). The van der Waals surface area contributed by atoms with Gasteiger partial charge < -0.3 is 5.32 Å². The topological polar surface area (TPSA) is 29.1 Å². The maximum Gasteiger partial charge on any atom is 0.149 e. The van der Waals surface area contributed by atoms with Gasteiger partial charge in [-0.05, 0) is 45.0 Å². The van der Waals surface area contributed by atoms with Crippen LogP contribution in [0.5, 0.6) is 0 Å². The van der Waals surface area contributed by atoms with E-state index >= 15 is 0 Å². The number of rotatable bonds is 4. The third kappa shape index (κ3) is 3.05. The Balaban J connectivity index is 2.84. The van der Waals surface area contributed by atoms with Gasteiger partial charge >= 0.3 is 0 Å². The van der Waals surface area contributed by atoms with E-state index in [1.165, 1.54) is 0 Å². The summed E-state index contributed by atoms with van der Waals surface area (Å²) in [5, 5.41) is 3.77. The molecule has 15 heavy (non-hydrogen) atoms. The molecule has 0 saturated carbocycles. The molecule has 0 amide bonds. The van der Waals surface area contributed by atoms with Gasteiger partial charge in [-0.25, -0.2) is 0 Å². The van der Waals surface area contributed by atoms with Crippen LogP contribution in [0.4, 0.5) is 0 Å². The highest BCUT2D eigenvalue weighted by molar-refractivity contribution is 6.30. The molecule has 0 aliphatic rings. The second-order valence-corrected chi connectivity index (χ2v) is 4.38. The summed E-state index contributed by atoms with van der Waals surface area (Å²) < 4.78 is 0. The van der Waals surface area contributed by atoms with E-state index in [4.69, 9.17) is 11.6 Å². The fourth-order valence-corrected chi connectivity index (χ4v) is 1.53. The molecule has 0 spiro atoms. The van der Waals surface area contributed by atoms with Gasteiger partial charge in [0.2, 0.25) is 0 Å². The number of ketones is 1. The molecule has 82 valence electrons. The molecule has 0 fully saturated rings. The minimum atomic E-state index is -0.492. The molecule has 1 N–H and O–H groups in total. The number of carbonyl (C=O) groups is 1. The summed E-state index contributed by atoms with van der Waals surface area (Å²) in [6, 6.07) is 7.57. The Bertz CT molecular complexity index is 347. The lowest BCUT2D eigenvalue weighted by Gasteiger charge is -2.26. The van der Waals surface area contributed by atoms with Gasteiger partial charge in [-0.1, -0.05) is 23.7 Å². The first-order valence-electron chi connectivity index (χ1n) is 4.92. The summed E-state index contributed by atoms with van der Waals surface area (Å²) in [6.45, 7) is 3.51. The van der Waals surface area contributed by atoms with E-state index in [0.717, 1.165) is 5.56 Å². The number of likely N-dealkylation sites (N-methyl/N-ethyl adjacent to an activating group) is 1. The summed E-state index contributed by atoms with van der Waals surface area (Å²) in [5.74, 6) is 0.139. The second-order valence-electron chi connectivity index (χ2n) is 3.94. The normalized spacial score (nSPS) is 14.7. The highest BCUT2D eigenvalue weighted by atomic mass is 35.5. The molecule has 2 nitrogen and oxygen atoms in total. The average molecular weight is 226 g/mol. The molecule has 0 saturated heterocycles. The first-order chi connectivity index (χ1) is 6.98. The Labute approximate surface area is 95.6 Å². The maximum absolute atomic E-state index is 11.5. The number of halogens is 1. The van der Waals surface area contributed by atoms with Crippen molar-refractivity contribution in [2.24, 2.45) is 0 Å². The monoisotopic (exact) mass is 225 g/mol. The number of benzene rings is 1. The fraction of sp³-hybridized carbons (Fsp3) is 0.417. The Morgan fingerprint density at radius 3 is 2.33 bits per heavy atom. The standard InChI is InChI=1S/C12H16ClNO/c1-9(15)12(2,14-3)8-10-4-6-11(13)7-5-10/h4-7,14H,8H2,1-3H3. The van der Waals surface area contributed by atoms with E-state index in [1.807, 2.05) is 31.2 Å². The van der Waals surface area contributed by atoms with Gasteiger partial charge in [-0.3, -0.25) is 4.79 Å². The van der Waals surface area contributed by atoms with E-state index in [9.17, 15) is 4.79 Å². The molecule has 0 aliphatic carbocycles. The molecule has 3 heteroatoms. The molecule has 1 atom stereocenters. The van der Waals surface area contributed by atoms with E-state index in [2.05, 4.69) is 5.32 Å². The van der Waals surface area contributed by atoms with Gasteiger partial charge in [0.25, 0.3) is 0 Å². The number of Topliss-reactive ketones (excluding diaryl/α,β-unsaturated/α-hetero) is 1. The summed E-state index contributed by atoms with van der Waals surface area (Å²) in [5.41, 5.74) is 0.611. The van der Waals surface area contributed by atoms with Gasteiger partial charge in [0.05, 0.1) is 5.54 Å². The number of nitrogens with one attached hydrogen (secondary N) is 1. The maximum atomic E-state index is 11.5.